The molecular weight excluding hydrogens is 314 g/mol. The van der Waals surface area contributed by atoms with E-state index in [0.29, 0.717) is 29.3 Å². The first kappa shape index (κ1) is 16.2. The molecule has 122 valence electrons. The average Bonchev–Trinajstić information content (AvgIpc) is 2.67. The van der Waals surface area contributed by atoms with E-state index in [1.165, 1.54) is 0 Å². The highest BCUT2D eigenvalue weighted by atomic mass is 16.5. The Hall–Kier alpha value is -3.65. The number of carbonyl (C=O) groups is 1. The zero-order valence-corrected chi connectivity index (χ0v) is 13.3. The van der Waals surface area contributed by atoms with E-state index < -0.39 is 0 Å². The Balaban J connectivity index is 1.64. The van der Waals surface area contributed by atoms with Crippen LogP contribution in [-0.4, -0.2) is 10.9 Å². The first-order valence-electron chi connectivity index (χ1n) is 7.71. The number of ether oxygens (including phenoxy) is 1. The number of benzene rings is 2. The van der Waals surface area contributed by atoms with E-state index in [9.17, 15) is 4.79 Å². The van der Waals surface area contributed by atoms with Crippen molar-refractivity contribution >= 4 is 5.91 Å². The maximum Gasteiger partial charge on any atom is 0.251 e. The summed E-state index contributed by atoms with van der Waals surface area (Å²) in [5.41, 5.74) is 1.82. The Morgan fingerprint density at radius 3 is 2.76 bits per heavy atom. The lowest BCUT2D eigenvalue weighted by atomic mass is 10.1. The fourth-order valence-electron chi connectivity index (χ4n) is 2.26. The van der Waals surface area contributed by atoms with Gasteiger partial charge >= 0.3 is 0 Å². The summed E-state index contributed by atoms with van der Waals surface area (Å²) in [4.78, 5) is 16.3. The Kier molecular flexibility index (Phi) is 5.03. The van der Waals surface area contributed by atoms with Crippen LogP contribution in [-0.2, 0) is 6.54 Å². The third-order valence-electron chi connectivity index (χ3n) is 3.47. The lowest BCUT2D eigenvalue weighted by Crippen LogP contribution is -2.22. The van der Waals surface area contributed by atoms with Crippen LogP contribution in [0.5, 0.6) is 11.6 Å². The molecule has 1 aromatic heterocycles. The summed E-state index contributed by atoms with van der Waals surface area (Å²) in [6.07, 6.45) is 1.66. The molecule has 0 unspecified atom stereocenters. The minimum Gasteiger partial charge on any atom is -0.439 e. The van der Waals surface area contributed by atoms with Crippen LogP contribution < -0.4 is 10.1 Å². The number of nitriles is 1. The van der Waals surface area contributed by atoms with Crippen molar-refractivity contribution in [2.75, 3.05) is 0 Å². The molecule has 0 bridgehead atoms. The number of nitrogens with zero attached hydrogens (tertiary/aromatic N) is 2. The Labute approximate surface area is 145 Å². The van der Waals surface area contributed by atoms with E-state index in [0.717, 1.165) is 5.56 Å². The maximum atomic E-state index is 12.2. The monoisotopic (exact) mass is 329 g/mol. The maximum absolute atomic E-state index is 12.2. The van der Waals surface area contributed by atoms with Crippen LogP contribution in [0.2, 0.25) is 0 Å². The molecule has 0 saturated carbocycles. The molecule has 0 aliphatic carbocycles. The summed E-state index contributed by atoms with van der Waals surface area (Å²) in [6, 6.07) is 21.5. The lowest BCUT2D eigenvalue weighted by molar-refractivity contribution is 0.0951. The van der Waals surface area contributed by atoms with Gasteiger partial charge in [0.05, 0.1) is 11.6 Å². The molecule has 1 heterocycles. The van der Waals surface area contributed by atoms with Gasteiger partial charge in [0.15, 0.2) is 0 Å². The SMILES string of the molecule is N#Cc1cccc(C(=O)NCc2cccc(Oc3ccccn3)c2)c1. The number of amides is 1. The standard InChI is InChI=1S/C20H15N3O2/c21-13-15-5-3-7-17(11-15)20(24)23-14-16-6-4-8-18(12-16)25-19-9-1-2-10-22-19/h1-12H,14H2,(H,23,24). The molecule has 0 spiro atoms. The van der Waals surface area contributed by atoms with Crippen molar-refractivity contribution in [3.63, 3.8) is 0 Å². The van der Waals surface area contributed by atoms with Gasteiger partial charge in [-0.15, -0.1) is 0 Å². The molecule has 3 aromatic rings. The van der Waals surface area contributed by atoms with Gasteiger partial charge in [0.1, 0.15) is 5.75 Å². The summed E-state index contributed by atoms with van der Waals surface area (Å²) in [5, 5.41) is 11.7. The molecule has 1 N–H and O–H groups in total. The predicted octanol–water partition coefficient (Wildman–Crippen LogP) is 3.68. The lowest BCUT2D eigenvalue weighted by Gasteiger charge is -2.08. The van der Waals surface area contributed by atoms with E-state index in [1.54, 1.807) is 36.5 Å². The van der Waals surface area contributed by atoms with Gasteiger partial charge < -0.3 is 10.1 Å². The second kappa shape index (κ2) is 7.75. The van der Waals surface area contributed by atoms with Crippen molar-refractivity contribution in [3.05, 3.63) is 89.6 Å². The van der Waals surface area contributed by atoms with Gasteiger partial charge in [0.2, 0.25) is 5.88 Å². The number of hydrogen-bond donors (Lipinski definition) is 1. The van der Waals surface area contributed by atoms with Gasteiger partial charge in [0.25, 0.3) is 5.91 Å². The van der Waals surface area contributed by atoms with Gasteiger partial charge in [0, 0.05) is 24.4 Å². The third-order valence-corrected chi connectivity index (χ3v) is 3.47. The topological polar surface area (TPSA) is 75.0 Å². The number of nitrogens with one attached hydrogen (secondary N) is 1. The van der Waals surface area contributed by atoms with Crippen LogP contribution in [0.1, 0.15) is 21.5 Å². The minimum atomic E-state index is -0.229. The molecule has 2 aromatic carbocycles. The van der Waals surface area contributed by atoms with Crippen LogP contribution in [0.4, 0.5) is 0 Å². The molecule has 5 nitrogen and oxygen atoms in total. The molecule has 5 heteroatoms. The van der Waals surface area contributed by atoms with Crippen LogP contribution in [0.25, 0.3) is 0 Å². The fraction of sp³-hybridized carbons (Fsp3) is 0.0500. The summed E-state index contributed by atoms with van der Waals surface area (Å²) >= 11 is 0. The van der Waals surface area contributed by atoms with Gasteiger partial charge in [-0.2, -0.15) is 5.26 Å². The number of hydrogen-bond acceptors (Lipinski definition) is 4. The summed E-state index contributed by atoms with van der Waals surface area (Å²) in [5.74, 6) is 0.932. The van der Waals surface area contributed by atoms with E-state index >= 15 is 0 Å². The molecule has 3 rings (SSSR count). The largest absolute Gasteiger partial charge is 0.439 e. The zero-order valence-electron chi connectivity index (χ0n) is 13.3. The minimum absolute atomic E-state index is 0.229. The Morgan fingerprint density at radius 1 is 1.08 bits per heavy atom. The molecule has 25 heavy (non-hydrogen) atoms. The normalized spacial score (nSPS) is 9.88. The number of aromatic nitrogens is 1. The Morgan fingerprint density at radius 2 is 1.96 bits per heavy atom. The first-order chi connectivity index (χ1) is 12.2. The quantitative estimate of drug-likeness (QED) is 0.775. The highest BCUT2D eigenvalue weighted by molar-refractivity contribution is 5.94. The van der Waals surface area contributed by atoms with Crippen LogP contribution >= 0.6 is 0 Å². The first-order valence-corrected chi connectivity index (χ1v) is 7.71. The number of rotatable bonds is 5. The third kappa shape index (κ3) is 4.43. The van der Waals surface area contributed by atoms with Crippen LogP contribution in [0.15, 0.2) is 72.9 Å². The molecule has 0 radical (unpaired) electrons. The smallest absolute Gasteiger partial charge is 0.251 e. The second-order valence-electron chi connectivity index (χ2n) is 5.29. The number of carbonyl (C=O) groups excluding carboxylic acids is 1. The average molecular weight is 329 g/mol. The zero-order chi connectivity index (χ0) is 17.5. The summed E-state index contributed by atoms with van der Waals surface area (Å²) in [6.45, 7) is 0.356. The van der Waals surface area contributed by atoms with E-state index in [2.05, 4.69) is 10.3 Å². The van der Waals surface area contributed by atoms with Crippen molar-refractivity contribution in [2.24, 2.45) is 0 Å². The van der Waals surface area contributed by atoms with Gasteiger partial charge in [-0.3, -0.25) is 4.79 Å². The second-order valence-corrected chi connectivity index (χ2v) is 5.29. The highest BCUT2D eigenvalue weighted by Gasteiger charge is 2.07. The van der Waals surface area contributed by atoms with E-state index in [4.69, 9.17) is 10.00 Å². The van der Waals surface area contributed by atoms with Crippen molar-refractivity contribution in [1.29, 1.82) is 5.26 Å². The van der Waals surface area contributed by atoms with Crippen molar-refractivity contribution in [3.8, 4) is 17.7 Å². The highest BCUT2D eigenvalue weighted by Crippen LogP contribution is 2.20. The van der Waals surface area contributed by atoms with Crippen molar-refractivity contribution < 1.29 is 9.53 Å². The van der Waals surface area contributed by atoms with Crippen LogP contribution in [0.3, 0.4) is 0 Å². The predicted molar refractivity (Wildman–Crippen MR) is 93.1 cm³/mol. The Bertz CT molecular complexity index is 917. The summed E-state index contributed by atoms with van der Waals surface area (Å²) < 4.78 is 5.68. The van der Waals surface area contributed by atoms with Gasteiger partial charge in [-0.25, -0.2) is 4.98 Å². The molecule has 0 aliphatic heterocycles. The molecule has 0 fully saturated rings. The van der Waals surface area contributed by atoms with E-state index in [1.807, 2.05) is 42.5 Å². The molecule has 0 aliphatic rings. The van der Waals surface area contributed by atoms with Crippen molar-refractivity contribution in [1.82, 2.24) is 10.3 Å². The summed E-state index contributed by atoms with van der Waals surface area (Å²) in [7, 11) is 0. The molecule has 1 amide bonds. The van der Waals surface area contributed by atoms with Crippen molar-refractivity contribution in [2.45, 2.75) is 6.54 Å². The number of pyridine rings is 1. The molecule has 0 saturated heterocycles. The molecular formula is C20H15N3O2. The molecule has 0 atom stereocenters. The van der Waals surface area contributed by atoms with E-state index in [-0.39, 0.29) is 5.91 Å². The van der Waals surface area contributed by atoms with Crippen LogP contribution in [0, 0.1) is 11.3 Å². The fourth-order valence-corrected chi connectivity index (χ4v) is 2.26. The van der Waals surface area contributed by atoms with Gasteiger partial charge in [-0.1, -0.05) is 24.3 Å². The van der Waals surface area contributed by atoms with Gasteiger partial charge in [-0.05, 0) is 42.0 Å².